The monoisotopic (exact) mass is 453 g/mol. The summed E-state index contributed by atoms with van der Waals surface area (Å²) < 4.78 is 39.8. The number of benzene rings is 2. The highest BCUT2D eigenvalue weighted by Gasteiger charge is 2.36. The maximum atomic E-state index is 13.4. The lowest BCUT2D eigenvalue weighted by Crippen LogP contribution is -2.29. The summed E-state index contributed by atoms with van der Waals surface area (Å²) in [5.41, 5.74) is 3.93. The number of anilines is 2. The number of nitrogens with zero attached hydrogens (tertiary/aromatic N) is 2. The molecule has 2 amide bonds. The van der Waals surface area contributed by atoms with Crippen LogP contribution in [0.4, 0.5) is 24.5 Å². The topological polar surface area (TPSA) is 76.3 Å². The Hall–Kier alpha value is -3.10. The molecule has 0 radical (unpaired) electrons. The number of halogens is 5. The normalized spacial score (nSPS) is 11.2. The number of carbonyl (C=O) groups excluding carboxylic acids is 2. The van der Waals surface area contributed by atoms with Gasteiger partial charge in [0.05, 0.1) is 44.3 Å². The van der Waals surface area contributed by atoms with E-state index in [1.807, 2.05) is 0 Å². The Balaban J connectivity index is 2.25. The van der Waals surface area contributed by atoms with Crippen LogP contribution in [0.25, 0.3) is 0 Å². The zero-order valence-corrected chi connectivity index (χ0v) is 16.5. The van der Waals surface area contributed by atoms with Crippen molar-refractivity contribution in [3.8, 4) is 0 Å². The molecule has 0 bridgehead atoms. The number of primary amides is 1. The molecular formula is C20H12Cl2F3N3O2. The number of rotatable bonds is 4. The number of hydrogen-bond donors (Lipinski definition) is 1. The number of para-hydroxylation sites is 1. The maximum absolute atomic E-state index is 13.4. The molecule has 30 heavy (non-hydrogen) atoms. The number of carbonyl (C=O) groups is 2. The summed E-state index contributed by atoms with van der Waals surface area (Å²) in [6, 6.07) is 10.2. The third-order valence-electron chi connectivity index (χ3n) is 4.10. The lowest BCUT2D eigenvalue weighted by molar-refractivity contribution is -0.137. The van der Waals surface area contributed by atoms with Crippen LogP contribution in [-0.2, 0) is 6.18 Å². The van der Waals surface area contributed by atoms with Gasteiger partial charge in [0.2, 0.25) is 0 Å². The Bertz CT molecular complexity index is 1140. The number of aromatic nitrogens is 1. The first kappa shape index (κ1) is 21.6. The van der Waals surface area contributed by atoms with E-state index in [2.05, 4.69) is 4.98 Å². The molecule has 5 nitrogen and oxygen atoms in total. The molecule has 2 N–H and O–H groups in total. The van der Waals surface area contributed by atoms with Crippen molar-refractivity contribution in [2.24, 2.45) is 5.73 Å². The zero-order chi connectivity index (χ0) is 22.1. The zero-order valence-electron chi connectivity index (χ0n) is 15.0. The number of pyridine rings is 1. The molecule has 0 fully saturated rings. The van der Waals surface area contributed by atoms with Crippen LogP contribution in [0.2, 0.25) is 10.0 Å². The standard InChI is InChI=1S/C20H12Cl2F3N3O2/c21-11-8-12(10-27-9-11)28(16-7-2-1-4-13(16)18(26)29)19(30)14-5-3-6-15(17(14)22)20(23,24)25/h1-10H,(H2,26,29). The molecule has 2 aromatic carbocycles. The molecule has 0 saturated carbocycles. The molecule has 1 heterocycles. The predicted octanol–water partition coefficient (Wildman–Crippen LogP) is 5.48. The Morgan fingerprint density at radius 1 is 0.967 bits per heavy atom. The molecule has 154 valence electrons. The third-order valence-corrected chi connectivity index (χ3v) is 4.71. The Morgan fingerprint density at radius 2 is 1.63 bits per heavy atom. The summed E-state index contributed by atoms with van der Waals surface area (Å²) >= 11 is 11.9. The summed E-state index contributed by atoms with van der Waals surface area (Å²) in [5.74, 6) is -1.77. The second kappa shape index (κ2) is 8.33. The van der Waals surface area contributed by atoms with Crippen LogP contribution in [0.1, 0.15) is 26.3 Å². The summed E-state index contributed by atoms with van der Waals surface area (Å²) in [4.78, 5) is 30.2. The van der Waals surface area contributed by atoms with Gasteiger partial charge in [0.15, 0.2) is 0 Å². The molecule has 0 atom stereocenters. The van der Waals surface area contributed by atoms with Crippen molar-refractivity contribution < 1.29 is 22.8 Å². The van der Waals surface area contributed by atoms with Gasteiger partial charge in [-0.15, -0.1) is 0 Å². The van der Waals surface area contributed by atoms with Gasteiger partial charge in [-0.2, -0.15) is 13.2 Å². The lowest BCUT2D eigenvalue weighted by atomic mass is 10.1. The van der Waals surface area contributed by atoms with Crippen LogP contribution in [0.3, 0.4) is 0 Å². The molecule has 0 aliphatic carbocycles. The van der Waals surface area contributed by atoms with E-state index in [-0.39, 0.29) is 22.0 Å². The fourth-order valence-electron chi connectivity index (χ4n) is 2.80. The van der Waals surface area contributed by atoms with E-state index in [0.29, 0.717) is 0 Å². The van der Waals surface area contributed by atoms with Crippen LogP contribution >= 0.6 is 23.2 Å². The van der Waals surface area contributed by atoms with Crippen LogP contribution in [0.5, 0.6) is 0 Å². The predicted molar refractivity (Wildman–Crippen MR) is 107 cm³/mol. The van der Waals surface area contributed by atoms with Gasteiger partial charge in [-0.1, -0.05) is 41.4 Å². The highest BCUT2D eigenvalue weighted by Crippen LogP contribution is 2.38. The highest BCUT2D eigenvalue weighted by atomic mass is 35.5. The van der Waals surface area contributed by atoms with Crippen molar-refractivity contribution in [1.82, 2.24) is 4.98 Å². The van der Waals surface area contributed by atoms with Crippen LogP contribution in [0, 0.1) is 0 Å². The van der Waals surface area contributed by atoms with Gasteiger partial charge in [-0.05, 0) is 30.3 Å². The van der Waals surface area contributed by atoms with Crippen molar-refractivity contribution in [1.29, 1.82) is 0 Å². The molecule has 10 heteroatoms. The quantitative estimate of drug-likeness (QED) is 0.567. The van der Waals surface area contributed by atoms with E-state index in [0.717, 1.165) is 23.1 Å². The SMILES string of the molecule is NC(=O)c1ccccc1N(C(=O)c1cccc(C(F)(F)F)c1Cl)c1cncc(Cl)c1. The molecular weight excluding hydrogens is 442 g/mol. The third kappa shape index (κ3) is 4.24. The summed E-state index contributed by atoms with van der Waals surface area (Å²) in [5, 5.41) is -0.608. The average Bonchev–Trinajstić information content (AvgIpc) is 2.67. The van der Waals surface area contributed by atoms with E-state index in [9.17, 15) is 22.8 Å². The fourth-order valence-corrected chi connectivity index (χ4v) is 3.28. The van der Waals surface area contributed by atoms with E-state index >= 15 is 0 Å². The first-order valence-electron chi connectivity index (χ1n) is 8.31. The minimum absolute atomic E-state index is 0.0334. The molecule has 0 aliphatic rings. The van der Waals surface area contributed by atoms with Gasteiger partial charge in [0.1, 0.15) is 0 Å². The molecule has 0 unspecified atom stereocenters. The van der Waals surface area contributed by atoms with Gasteiger partial charge >= 0.3 is 6.18 Å². The number of amides is 2. The minimum atomic E-state index is -4.76. The average molecular weight is 454 g/mol. The van der Waals surface area contributed by atoms with Crippen LogP contribution < -0.4 is 10.6 Å². The maximum Gasteiger partial charge on any atom is 0.417 e. The number of hydrogen-bond acceptors (Lipinski definition) is 3. The van der Waals surface area contributed by atoms with E-state index in [1.54, 1.807) is 0 Å². The minimum Gasteiger partial charge on any atom is -0.366 e. The van der Waals surface area contributed by atoms with E-state index < -0.39 is 34.1 Å². The largest absolute Gasteiger partial charge is 0.417 e. The molecule has 3 rings (SSSR count). The molecule has 3 aromatic rings. The highest BCUT2D eigenvalue weighted by molar-refractivity contribution is 6.36. The van der Waals surface area contributed by atoms with Crippen LogP contribution in [0.15, 0.2) is 60.9 Å². The first-order valence-corrected chi connectivity index (χ1v) is 9.06. The van der Waals surface area contributed by atoms with Gasteiger partial charge in [0.25, 0.3) is 11.8 Å². The van der Waals surface area contributed by atoms with Gasteiger partial charge in [-0.3, -0.25) is 19.5 Å². The second-order valence-electron chi connectivity index (χ2n) is 6.05. The van der Waals surface area contributed by atoms with Crippen molar-refractivity contribution in [3.63, 3.8) is 0 Å². The second-order valence-corrected chi connectivity index (χ2v) is 6.86. The van der Waals surface area contributed by atoms with Crippen molar-refractivity contribution in [2.45, 2.75) is 6.18 Å². The summed E-state index contributed by atoms with van der Waals surface area (Å²) in [6.45, 7) is 0. The van der Waals surface area contributed by atoms with Gasteiger partial charge < -0.3 is 5.73 Å². The van der Waals surface area contributed by atoms with Crippen molar-refractivity contribution in [2.75, 3.05) is 4.90 Å². The van der Waals surface area contributed by atoms with Gasteiger partial charge in [-0.25, -0.2) is 0 Å². The molecule has 0 aliphatic heterocycles. The summed E-state index contributed by atoms with van der Waals surface area (Å²) in [6.07, 6.45) is -2.19. The van der Waals surface area contributed by atoms with Crippen molar-refractivity contribution in [3.05, 3.63) is 87.7 Å². The molecule has 1 aromatic heterocycles. The molecule has 0 saturated heterocycles. The Morgan fingerprint density at radius 3 is 2.27 bits per heavy atom. The number of nitrogens with two attached hydrogens (primary N) is 1. The van der Waals surface area contributed by atoms with Crippen molar-refractivity contribution >= 4 is 46.4 Å². The van der Waals surface area contributed by atoms with Crippen LogP contribution in [-0.4, -0.2) is 16.8 Å². The summed E-state index contributed by atoms with van der Waals surface area (Å²) in [7, 11) is 0. The first-order chi connectivity index (χ1) is 14.1. The van der Waals surface area contributed by atoms with Gasteiger partial charge in [0, 0.05) is 6.20 Å². The smallest absolute Gasteiger partial charge is 0.366 e. The lowest BCUT2D eigenvalue weighted by Gasteiger charge is -2.25. The Labute approximate surface area is 178 Å². The molecule has 0 spiro atoms. The van der Waals surface area contributed by atoms with E-state index in [4.69, 9.17) is 28.9 Å². The number of alkyl halides is 3. The fraction of sp³-hybridized carbons (Fsp3) is 0.0500. The van der Waals surface area contributed by atoms with E-state index in [1.165, 1.54) is 42.7 Å². The Kier molecular flexibility index (Phi) is 6.00.